The maximum atomic E-state index is 14.2. The molecule has 1 heterocycles. The van der Waals surface area contributed by atoms with Crippen molar-refractivity contribution in [2.45, 2.75) is 4.90 Å². The predicted molar refractivity (Wildman–Crippen MR) is 93.8 cm³/mol. The summed E-state index contributed by atoms with van der Waals surface area (Å²) in [7, 11) is -4.42. The van der Waals surface area contributed by atoms with Gasteiger partial charge in [-0.2, -0.15) is 0 Å². The zero-order valence-electron chi connectivity index (χ0n) is 13.6. The summed E-state index contributed by atoms with van der Waals surface area (Å²) in [4.78, 5) is 2.84. The van der Waals surface area contributed by atoms with Gasteiger partial charge >= 0.3 is 0 Å². The van der Waals surface area contributed by atoms with Crippen molar-refractivity contribution in [3.63, 3.8) is 0 Å². The quantitative estimate of drug-likeness (QED) is 0.696. The molecule has 0 aliphatic rings. The molecule has 3 aromatic rings. The highest BCUT2D eigenvalue weighted by atomic mass is 32.2. The highest BCUT2D eigenvalue weighted by molar-refractivity contribution is 7.92. The van der Waals surface area contributed by atoms with Gasteiger partial charge in [-0.3, -0.25) is 9.71 Å². The molecule has 0 bridgehead atoms. The first-order valence-electron chi connectivity index (χ1n) is 7.55. The second-order valence-electron chi connectivity index (χ2n) is 5.38. The van der Waals surface area contributed by atoms with Crippen LogP contribution in [0, 0.1) is 29.3 Å². The van der Waals surface area contributed by atoms with Crippen molar-refractivity contribution in [2.24, 2.45) is 0 Å². The molecule has 0 atom stereocenters. The fraction of sp³-hybridized carbons (Fsp3) is 0. The van der Waals surface area contributed by atoms with E-state index in [0.717, 1.165) is 24.5 Å². The monoisotopic (exact) mass is 388 g/mol. The lowest BCUT2D eigenvalue weighted by Crippen LogP contribution is -2.16. The summed E-state index contributed by atoms with van der Waals surface area (Å²) < 4.78 is 67.7. The largest absolute Gasteiger partial charge is 0.274 e. The second-order valence-corrected chi connectivity index (χ2v) is 7.06. The normalized spacial score (nSPS) is 10.8. The molecule has 8 heteroatoms. The van der Waals surface area contributed by atoms with Crippen molar-refractivity contribution < 1.29 is 21.6 Å². The van der Waals surface area contributed by atoms with E-state index in [9.17, 15) is 21.6 Å². The topological polar surface area (TPSA) is 59.1 Å². The average molecular weight is 388 g/mol. The molecule has 0 spiro atoms. The van der Waals surface area contributed by atoms with Crippen LogP contribution in [0.2, 0.25) is 0 Å². The van der Waals surface area contributed by atoms with E-state index < -0.39 is 38.1 Å². The van der Waals surface area contributed by atoms with Gasteiger partial charge in [0.15, 0.2) is 11.6 Å². The summed E-state index contributed by atoms with van der Waals surface area (Å²) in [6, 6.07) is 11.3. The third-order valence-corrected chi connectivity index (χ3v) is 4.71. The minimum atomic E-state index is -4.42. The summed E-state index contributed by atoms with van der Waals surface area (Å²) in [5, 5.41) is 0. The van der Waals surface area contributed by atoms with E-state index in [1.807, 2.05) is 0 Å². The van der Waals surface area contributed by atoms with Crippen LogP contribution in [0.15, 0.2) is 65.8 Å². The molecule has 0 unspecified atom stereocenters. The van der Waals surface area contributed by atoms with E-state index in [4.69, 9.17) is 0 Å². The molecule has 0 aliphatic heterocycles. The zero-order valence-corrected chi connectivity index (χ0v) is 14.4. The maximum Gasteiger partial charge on any atom is 0.263 e. The molecule has 0 amide bonds. The minimum Gasteiger partial charge on any atom is -0.274 e. The highest BCUT2D eigenvalue weighted by Gasteiger charge is 2.20. The van der Waals surface area contributed by atoms with Gasteiger partial charge < -0.3 is 0 Å². The minimum absolute atomic E-state index is 0.0317. The molecule has 4 nitrogen and oxygen atoms in total. The molecule has 0 fully saturated rings. The molecule has 0 radical (unpaired) electrons. The van der Waals surface area contributed by atoms with Gasteiger partial charge in [0, 0.05) is 17.3 Å². The Morgan fingerprint density at radius 2 is 1.48 bits per heavy atom. The van der Waals surface area contributed by atoms with Crippen LogP contribution in [-0.4, -0.2) is 13.4 Å². The molecule has 1 N–H and O–H groups in total. The van der Waals surface area contributed by atoms with Crippen LogP contribution < -0.4 is 4.72 Å². The average Bonchev–Trinajstić information content (AvgIpc) is 2.64. The lowest BCUT2D eigenvalue weighted by atomic mass is 10.1. The number of nitrogens with zero attached hydrogens (tertiary/aromatic N) is 1. The van der Waals surface area contributed by atoms with E-state index in [-0.39, 0.29) is 5.56 Å². The molecule has 3 rings (SSSR count). The third kappa shape index (κ3) is 4.46. The Labute approximate surface area is 153 Å². The van der Waals surface area contributed by atoms with Gasteiger partial charge in [0.1, 0.15) is 16.4 Å². The van der Waals surface area contributed by atoms with Crippen molar-refractivity contribution in [3.8, 4) is 11.8 Å². The number of aromatic nitrogens is 1. The van der Waals surface area contributed by atoms with Crippen molar-refractivity contribution in [3.05, 3.63) is 89.5 Å². The number of hydrogen-bond donors (Lipinski definition) is 1. The Balaban J connectivity index is 1.91. The van der Waals surface area contributed by atoms with Gasteiger partial charge in [-0.1, -0.05) is 30.0 Å². The van der Waals surface area contributed by atoms with Crippen LogP contribution in [0.4, 0.5) is 18.9 Å². The van der Waals surface area contributed by atoms with Crippen molar-refractivity contribution in [2.75, 3.05) is 4.72 Å². The summed E-state index contributed by atoms with van der Waals surface area (Å²) in [6.45, 7) is 0. The van der Waals surface area contributed by atoms with Gasteiger partial charge in [0.2, 0.25) is 0 Å². The Kier molecular flexibility index (Phi) is 5.14. The number of halogens is 3. The Hall–Kier alpha value is -3.31. The number of pyridine rings is 1. The lowest BCUT2D eigenvalue weighted by molar-refractivity contribution is 0.580. The molecule has 0 aliphatic carbocycles. The van der Waals surface area contributed by atoms with Gasteiger partial charge in [0.25, 0.3) is 10.0 Å². The Morgan fingerprint density at radius 1 is 0.852 bits per heavy atom. The highest BCUT2D eigenvalue weighted by Crippen LogP contribution is 2.24. The van der Waals surface area contributed by atoms with E-state index >= 15 is 0 Å². The van der Waals surface area contributed by atoms with Crippen molar-refractivity contribution >= 4 is 15.7 Å². The van der Waals surface area contributed by atoms with Crippen molar-refractivity contribution in [1.29, 1.82) is 0 Å². The van der Waals surface area contributed by atoms with Gasteiger partial charge in [-0.15, -0.1) is 0 Å². The second kappa shape index (κ2) is 7.51. The smallest absolute Gasteiger partial charge is 0.263 e. The van der Waals surface area contributed by atoms with E-state index in [1.165, 1.54) is 0 Å². The Morgan fingerprint density at radius 3 is 2.11 bits per heavy atom. The molecule has 136 valence electrons. The number of hydrogen-bond acceptors (Lipinski definition) is 3. The summed E-state index contributed by atoms with van der Waals surface area (Å²) in [5.74, 6) is 2.15. The molecular formula is C19H11F3N2O2S. The molecule has 1 aromatic heterocycles. The van der Waals surface area contributed by atoms with E-state index in [0.29, 0.717) is 11.6 Å². The molecule has 0 saturated heterocycles. The predicted octanol–water partition coefficient (Wildman–Crippen LogP) is 3.70. The van der Waals surface area contributed by atoms with Crippen LogP contribution >= 0.6 is 0 Å². The zero-order chi connectivity index (χ0) is 19.4. The summed E-state index contributed by atoms with van der Waals surface area (Å²) in [6.07, 6.45) is 1.67. The van der Waals surface area contributed by atoms with E-state index in [1.54, 1.807) is 35.1 Å². The fourth-order valence-electron chi connectivity index (χ4n) is 2.14. The molecule has 0 saturated carbocycles. The Bertz CT molecular complexity index is 1130. The molecule has 2 aromatic carbocycles. The van der Waals surface area contributed by atoms with Crippen molar-refractivity contribution in [1.82, 2.24) is 4.98 Å². The number of benzene rings is 2. The summed E-state index contributed by atoms with van der Waals surface area (Å²) >= 11 is 0. The van der Waals surface area contributed by atoms with Gasteiger partial charge in [-0.05, 0) is 30.3 Å². The van der Waals surface area contributed by atoms with Crippen LogP contribution in [0.5, 0.6) is 0 Å². The molecular weight excluding hydrogens is 377 g/mol. The first-order valence-corrected chi connectivity index (χ1v) is 9.03. The summed E-state index contributed by atoms with van der Waals surface area (Å²) in [5.41, 5.74) is -0.199. The van der Waals surface area contributed by atoms with Crippen LogP contribution in [0.1, 0.15) is 11.1 Å². The third-order valence-electron chi connectivity index (χ3n) is 3.39. The van der Waals surface area contributed by atoms with Gasteiger partial charge in [0.05, 0.1) is 6.20 Å². The van der Waals surface area contributed by atoms with Crippen LogP contribution in [-0.2, 0) is 10.0 Å². The number of sulfonamides is 1. The number of nitrogens with one attached hydrogen (secondary N) is 1. The molecule has 27 heavy (non-hydrogen) atoms. The van der Waals surface area contributed by atoms with Crippen LogP contribution in [0.3, 0.4) is 0 Å². The first-order chi connectivity index (χ1) is 12.8. The standard InChI is InChI=1S/C19H11F3N2O2S/c20-15-10-16(12-23-11-15)27(25,26)24-19-17(21)8-14(9-18(19)22)7-6-13-4-2-1-3-5-13/h1-5,8-12,24H. The van der Waals surface area contributed by atoms with E-state index in [2.05, 4.69) is 16.8 Å². The van der Waals surface area contributed by atoms with Gasteiger partial charge in [-0.25, -0.2) is 21.6 Å². The fourth-order valence-corrected chi connectivity index (χ4v) is 3.19. The number of rotatable bonds is 3. The number of anilines is 1. The first kappa shape index (κ1) is 18.5. The van der Waals surface area contributed by atoms with Crippen LogP contribution in [0.25, 0.3) is 0 Å². The SMILES string of the molecule is O=S(=O)(Nc1c(F)cc(C#Cc2ccccc2)cc1F)c1cncc(F)c1. The maximum absolute atomic E-state index is 14.2. The lowest BCUT2D eigenvalue weighted by Gasteiger charge is -2.10.